The lowest BCUT2D eigenvalue weighted by Gasteiger charge is -2.24. The van der Waals surface area contributed by atoms with Gasteiger partial charge in [0.25, 0.3) is 0 Å². The van der Waals surface area contributed by atoms with E-state index in [2.05, 4.69) is 10.6 Å². The Kier molecular flexibility index (Phi) is 4.83. The van der Waals surface area contributed by atoms with Gasteiger partial charge in [-0.05, 0) is 57.9 Å². The van der Waals surface area contributed by atoms with E-state index in [4.69, 9.17) is 4.74 Å². The Morgan fingerprint density at radius 3 is 2.76 bits per heavy atom. The van der Waals surface area contributed by atoms with Crippen LogP contribution in [0.2, 0.25) is 0 Å². The summed E-state index contributed by atoms with van der Waals surface area (Å²) in [5.74, 6) is -0.458. The van der Waals surface area contributed by atoms with Gasteiger partial charge in [-0.25, -0.2) is 9.18 Å². The molecule has 0 radical (unpaired) electrons. The van der Waals surface area contributed by atoms with Crippen LogP contribution in [0.4, 0.5) is 14.9 Å². The van der Waals surface area contributed by atoms with Crippen LogP contribution in [0, 0.1) is 5.82 Å². The first-order valence-corrected chi connectivity index (χ1v) is 7.38. The molecule has 116 valence electrons. The molecule has 2 rings (SSSR count). The van der Waals surface area contributed by atoms with Gasteiger partial charge in [-0.1, -0.05) is 12.5 Å². The topological polar surface area (TPSA) is 50.4 Å². The molecule has 1 aliphatic rings. The van der Waals surface area contributed by atoms with Crippen LogP contribution in [0.1, 0.15) is 51.6 Å². The highest BCUT2D eigenvalue weighted by Gasteiger charge is 2.19. The maximum absolute atomic E-state index is 13.8. The number of halogens is 1. The van der Waals surface area contributed by atoms with Gasteiger partial charge in [0.15, 0.2) is 0 Å². The largest absolute Gasteiger partial charge is 0.444 e. The van der Waals surface area contributed by atoms with Crippen molar-refractivity contribution in [2.75, 3.05) is 11.9 Å². The second-order valence-electron chi connectivity index (χ2n) is 6.37. The van der Waals surface area contributed by atoms with Crippen LogP contribution < -0.4 is 10.6 Å². The van der Waals surface area contributed by atoms with Crippen molar-refractivity contribution >= 4 is 11.8 Å². The SMILES string of the molecule is CC(C)(C)OC(=O)Nc1cc(C2CCCCN2)ccc1F. The molecule has 1 aliphatic heterocycles. The van der Waals surface area contributed by atoms with Crippen molar-refractivity contribution in [3.63, 3.8) is 0 Å². The Balaban J connectivity index is 2.10. The first-order chi connectivity index (χ1) is 9.85. The lowest BCUT2D eigenvalue weighted by molar-refractivity contribution is 0.0635. The zero-order valence-corrected chi connectivity index (χ0v) is 12.8. The van der Waals surface area contributed by atoms with Crippen molar-refractivity contribution in [3.05, 3.63) is 29.6 Å². The van der Waals surface area contributed by atoms with Crippen LogP contribution >= 0.6 is 0 Å². The molecule has 1 aromatic rings. The third-order valence-corrected chi connectivity index (χ3v) is 3.34. The summed E-state index contributed by atoms with van der Waals surface area (Å²) in [5.41, 5.74) is 0.541. The first kappa shape index (κ1) is 15.8. The molecule has 2 N–H and O–H groups in total. The van der Waals surface area contributed by atoms with E-state index >= 15 is 0 Å². The summed E-state index contributed by atoms with van der Waals surface area (Å²) in [6.07, 6.45) is 2.71. The molecule has 1 amide bonds. The highest BCUT2D eigenvalue weighted by Crippen LogP contribution is 2.26. The third-order valence-electron chi connectivity index (χ3n) is 3.34. The summed E-state index contributed by atoms with van der Waals surface area (Å²) in [4.78, 5) is 11.8. The van der Waals surface area contributed by atoms with Crippen molar-refractivity contribution in [2.24, 2.45) is 0 Å². The van der Waals surface area contributed by atoms with Crippen molar-refractivity contribution in [2.45, 2.75) is 51.7 Å². The Morgan fingerprint density at radius 1 is 1.38 bits per heavy atom. The number of benzene rings is 1. The molecule has 0 aromatic heterocycles. The minimum Gasteiger partial charge on any atom is -0.444 e. The minimum absolute atomic E-state index is 0.161. The zero-order chi connectivity index (χ0) is 15.5. The standard InChI is InChI=1S/C16H23FN2O2/c1-16(2,3)21-15(20)19-14-10-11(7-8-12(14)17)13-6-4-5-9-18-13/h7-8,10,13,18H,4-6,9H2,1-3H3,(H,19,20). The van der Waals surface area contributed by atoms with E-state index in [1.54, 1.807) is 32.9 Å². The van der Waals surface area contributed by atoms with Gasteiger partial charge >= 0.3 is 6.09 Å². The number of carbonyl (C=O) groups is 1. The number of rotatable bonds is 2. The van der Waals surface area contributed by atoms with E-state index < -0.39 is 17.5 Å². The van der Waals surface area contributed by atoms with Gasteiger partial charge in [0.1, 0.15) is 11.4 Å². The molecule has 0 aliphatic carbocycles. The quantitative estimate of drug-likeness (QED) is 0.867. The fraction of sp³-hybridized carbons (Fsp3) is 0.562. The highest BCUT2D eigenvalue weighted by molar-refractivity contribution is 5.85. The van der Waals surface area contributed by atoms with Crippen LogP contribution in [0.5, 0.6) is 0 Å². The molecule has 21 heavy (non-hydrogen) atoms. The van der Waals surface area contributed by atoms with Gasteiger partial charge in [0, 0.05) is 6.04 Å². The van der Waals surface area contributed by atoms with Crippen LogP contribution in [-0.4, -0.2) is 18.2 Å². The summed E-state index contributed by atoms with van der Waals surface area (Å²) in [7, 11) is 0. The number of hydrogen-bond donors (Lipinski definition) is 2. The third kappa shape index (κ3) is 4.70. The number of hydrogen-bond acceptors (Lipinski definition) is 3. The van der Waals surface area contributed by atoms with Gasteiger partial charge in [-0.3, -0.25) is 5.32 Å². The lowest BCUT2D eigenvalue weighted by Crippen LogP contribution is -2.28. The molecule has 1 fully saturated rings. The maximum atomic E-state index is 13.8. The molecule has 0 bridgehead atoms. The molecule has 0 saturated carbocycles. The van der Waals surface area contributed by atoms with Crippen LogP contribution in [0.25, 0.3) is 0 Å². The van der Waals surface area contributed by atoms with Crippen molar-refractivity contribution in [3.8, 4) is 0 Å². The average molecular weight is 294 g/mol. The van der Waals surface area contributed by atoms with Gasteiger partial charge in [0.2, 0.25) is 0 Å². The van der Waals surface area contributed by atoms with E-state index in [0.29, 0.717) is 0 Å². The van der Waals surface area contributed by atoms with Crippen molar-refractivity contribution in [1.29, 1.82) is 0 Å². The summed E-state index contributed by atoms with van der Waals surface area (Å²) in [5, 5.41) is 5.89. The summed E-state index contributed by atoms with van der Waals surface area (Å²) in [6, 6.07) is 5.05. The van der Waals surface area contributed by atoms with Gasteiger partial charge in [-0.15, -0.1) is 0 Å². The number of anilines is 1. The summed E-state index contributed by atoms with van der Waals surface area (Å²) < 4.78 is 19.0. The lowest BCUT2D eigenvalue weighted by atomic mass is 9.97. The molecule has 1 unspecified atom stereocenters. The maximum Gasteiger partial charge on any atom is 0.412 e. The second kappa shape index (κ2) is 6.43. The van der Waals surface area contributed by atoms with E-state index in [-0.39, 0.29) is 11.7 Å². The molecular formula is C16H23FN2O2. The Morgan fingerprint density at radius 2 is 2.14 bits per heavy atom. The Hall–Kier alpha value is -1.62. The molecule has 1 aromatic carbocycles. The van der Waals surface area contributed by atoms with E-state index in [9.17, 15) is 9.18 Å². The number of carbonyl (C=O) groups excluding carboxylic acids is 1. The fourth-order valence-electron chi connectivity index (χ4n) is 2.41. The molecule has 1 saturated heterocycles. The highest BCUT2D eigenvalue weighted by atomic mass is 19.1. The minimum atomic E-state index is -0.643. The average Bonchev–Trinajstić information content (AvgIpc) is 2.40. The molecule has 0 spiro atoms. The van der Waals surface area contributed by atoms with Crippen LogP contribution in [0.15, 0.2) is 18.2 Å². The Labute approximate surface area is 125 Å². The van der Waals surface area contributed by atoms with E-state index in [0.717, 1.165) is 24.9 Å². The van der Waals surface area contributed by atoms with Gasteiger partial charge < -0.3 is 10.1 Å². The van der Waals surface area contributed by atoms with Crippen LogP contribution in [0.3, 0.4) is 0 Å². The molecule has 4 nitrogen and oxygen atoms in total. The number of amides is 1. The predicted octanol–water partition coefficient (Wildman–Crippen LogP) is 3.99. The Bertz CT molecular complexity index is 505. The molecule has 1 heterocycles. The zero-order valence-electron chi connectivity index (χ0n) is 12.8. The summed E-state index contributed by atoms with van der Waals surface area (Å²) in [6.45, 7) is 6.28. The van der Waals surface area contributed by atoms with Crippen molar-refractivity contribution < 1.29 is 13.9 Å². The number of ether oxygens (including phenoxy) is 1. The second-order valence-corrected chi connectivity index (χ2v) is 6.37. The van der Waals surface area contributed by atoms with Crippen LogP contribution in [-0.2, 0) is 4.74 Å². The molecule has 1 atom stereocenters. The number of piperidine rings is 1. The van der Waals surface area contributed by atoms with E-state index in [1.165, 1.54) is 12.5 Å². The van der Waals surface area contributed by atoms with Gasteiger partial charge in [0.05, 0.1) is 5.69 Å². The normalized spacial score (nSPS) is 19.1. The predicted molar refractivity (Wildman–Crippen MR) is 80.9 cm³/mol. The summed E-state index contributed by atoms with van der Waals surface area (Å²) >= 11 is 0. The smallest absolute Gasteiger partial charge is 0.412 e. The monoisotopic (exact) mass is 294 g/mol. The first-order valence-electron chi connectivity index (χ1n) is 7.38. The molecule has 5 heteroatoms. The van der Waals surface area contributed by atoms with Gasteiger partial charge in [-0.2, -0.15) is 0 Å². The fourth-order valence-corrected chi connectivity index (χ4v) is 2.41. The van der Waals surface area contributed by atoms with E-state index in [1.807, 2.05) is 0 Å². The van der Waals surface area contributed by atoms with Crippen molar-refractivity contribution in [1.82, 2.24) is 5.32 Å². The molecular weight excluding hydrogens is 271 g/mol. The number of nitrogens with one attached hydrogen (secondary N) is 2.